The van der Waals surface area contributed by atoms with Crippen LogP contribution in [0.25, 0.3) is 0 Å². The van der Waals surface area contributed by atoms with Crippen LogP contribution in [0.5, 0.6) is 5.75 Å². The molecule has 1 saturated heterocycles. The molecule has 4 nitrogen and oxygen atoms in total. The number of hydrogen-bond donors (Lipinski definition) is 0. The summed E-state index contributed by atoms with van der Waals surface area (Å²) in [5.74, 6) is 1.04. The average Bonchev–Trinajstić information content (AvgIpc) is 2.93. The van der Waals surface area contributed by atoms with Gasteiger partial charge in [0.05, 0.1) is 13.1 Å². The Morgan fingerprint density at radius 1 is 1.25 bits per heavy atom. The molecule has 1 amide bonds. The fraction of sp³-hybridized carbons (Fsp3) is 0.562. The average molecular weight is 276 g/mol. The van der Waals surface area contributed by atoms with Crippen molar-refractivity contribution in [3.8, 4) is 5.75 Å². The Kier molecular flexibility index (Phi) is 5.41. The number of aryl methyl sites for hydroxylation is 1. The molecule has 1 aromatic carbocycles. The summed E-state index contributed by atoms with van der Waals surface area (Å²) >= 11 is 0. The van der Waals surface area contributed by atoms with Crippen molar-refractivity contribution >= 4 is 5.91 Å². The van der Waals surface area contributed by atoms with Crippen LogP contribution in [0.15, 0.2) is 24.3 Å². The Morgan fingerprint density at radius 2 is 1.90 bits per heavy atom. The maximum absolute atomic E-state index is 12.0. The van der Waals surface area contributed by atoms with Crippen LogP contribution in [-0.4, -0.2) is 55.5 Å². The largest absolute Gasteiger partial charge is 0.492 e. The minimum Gasteiger partial charge on any atom is -0.492 e. The van der Waals surface area contributed by atoms with Crippen molar-refractivity contribution in [2.75, 3.05) is 39.8 Å². The number of likely N-dealkylation sites (N-methyl/N-ethyl adjacent to an activating group) is 1. The van der Waals surface area contributed by atoms with Gasteiger partial charge in [-0.2, -0.15) is 0 Å². The summed E-state index contributed by atoms with van der Waals surface area (Å²) in [6.07, 6.45) is 2.43. The minimum atomic E-state index is 0.180. The molecule has 1 heterocycles. The number of rotatable bonds is 6. The van der Waals surface area contributed by atoms with Gasteiger partial charge in [-0.1, -0.05) is 17.7 Å². The highest BCUT2D eigenvalue weighted by Crippen LogP contribution is 2.11. The zero-order valence-electron chi connectivity index (χ0n) is 12.5. The number of amides is 1. The maximum atomic E-state index is 12.0. The van der Waals surface area contributed by atoms with E-state index in [1.54, 1.807) is 4.90 Å². The minimum absolute atomic E-state index is 0.180. The predicted octanol–water partition coefficient (Wildman–Crippen LogP) is 1.93. The van der Waals surface area contributed by atoms with Crippen LogP contribution in [0.2, 0.25) is 0 Å². The molecule has 1 fully saturated rings. The summed E-state index contributed by atoms with van der Waals surface area (Å²) in [7, 11) is 1.84. The number of ether oxygens (including phenoxy) is 1. The van der Waals surface area contributed by atoms with Crippen molar-refractivity contribution in [2.45, 2.75) is 19.8 Å². The molecule has 1 aliphatic heterocycles. The van der Waals surface area contributed by atoms with Gasteiger partial charge < -0.3 is 9.64 Å². The van der Waals surface area contributed by atoms with Crippen LogP contribution in [0.1, 0.15) is 18.4 Å². The van der Waals surface area contributed by atoms with Gasteiger partial charge in [-0.05, 0) is 45.0 Å². The number of likely N-dealkylation sites (tertiary alicyclic amines) is 1. The molecule has 2 rings (SSSR count). The first-order valence-electron chi connectivity index (χ1n) is 7.31. The fourth-order valence-electron chi connectivity index (χ4n) is 2.31. The van der Waals surface area contributed by atoms with Crippen molar-refractivity contribution < 1.29 is 9.53 Å². The molecule has 0 bridgehead atoms. The van der Waals surface area contributed by atoms with Gasteiger partial charge in [0.1, 0.15) is 12.4 Å². The molecule has 0 spiro atoms. The van der Waals surface area contributed by atoms with Gasteiger partial charge >= 0.3 is 0 Å². The van der Waals surface area contributed by atoms with E-state index in [0.717, 1.165) is 18.8 Å². The molecule has 0 saturated carbocycles. The van der Waals surface area contributed by atoms with Gasteiger partial charge in [-0.15, -0.1) is 0 Å². The van der Waals surface area contributed by atoms with E-state index in [-0.39, 0.29) is 5.91 Å². The SMILES string of the molecule is Cc1ccc(OCCN(C)C(=O)CN2CCCC2)cc1. The van der Waals surface area contributed by atoms with Crippen molar-refractivity contribution in [1.82, 2.24) is 9.80 Å². The molecule has 0 atom stereocenters. The monoisotopic (exact) mass is 276 g/mol. The first kappa shape index (κ1) is 14.9. The van der Waals surface area contributed by atoms with Crippen LogP contribution in [-0.2, 0) is 4.79 Å². The Morgan fingerprint density at radius 3 is 2.55 bits per heavy atom. The normalized spacial score (nSPS) is 15.3. The molecule has 0 radical (unpaired) electrons. The molecule has 110 valence electrons. The zero-order valence-corrected chi connectivity index (χ0v) is 12.5. The second-order valence-corrected chi connectivity index (χ2v) is 5.46. The highest BCUT2D eigenvalue weighted by molar-refractivity contribution is 5.78. The Bertz CT molecular complexity index is 425. The van der Waals surface area contributed by atoms with Crippen molar-refractivity contribution in [2.24, 2.45) is 0 Å². The second kappa shape index (κ2) is 7.29. The third-order valence-corrected chi connectivity index (χ3v) is 3.70. The topological polar surface area (TPSA) is 32.8 Å². The Balaban J connectivity index is 1.67. The third kappa shape index (κ3) is 4.53. The first-order chi connectivity index (χ1) is 9.65. The van der Waals surface area contributed by atoms with E-state index in [1.807, 2.05) is 31.3 Å². The molecule has 0 unspecified atom stereocenters. The standard InChI is InChI=1S/C16H24N2O2/c1-14-5-7-15(8-6-14)20-12-11-17(2)16(19)13-18-9-3-4-10-18/h5-8H,3-4,9-13H2,1-2H3. The molecular formula is C16H24N2O2. The third-order valence-electron chi connectivity index (χ3n) is 3.70. The number of benzene rings is 1. The lowest BCUT2D eigenvalue weighted by atomic mass is 10.2. The predicted molar refractivity (Wildman–Crippen MR) is 80.0 cm³/mol. The number of nitrogens with zero attached hydrogens (tertiary/aromatic N) is 2. The lowest BCUT2D eigenvalue weighted by Crippen LogP contribution is -2.38. The number of carbonyl (C=O) groups is 1. The second-order valence-electron chi connectivity index (χ2n) is 5.46. The van der Waals surface area contributed by atoms with Crippen molar-refractivity contribution in [3.63, 3.8) is 0 Å². The van der Waals surface area contributed by atoms with Gasteiger partial charge in [-0.25, -0.2) is 0 Å². The Hall–Kier alpha value is -1.55. The maximum Gasteiger partial charge on any atom is 0.236 e. The van der Waals surface area contributed by atoms with Gasteiger partial charge in [0.2, 0.25) is 5.91 Å². The summed E-state index contributed by atoms with van der Waals surface area (Å²) in [4.78, 5) is 16.0. The summed E-state index contributed by atoms with van der Waals surface area (Å²) in [5, 5.41) is 0. The molecule has 1 aliphatic rings. The molecule has 1 aromatic rings. The summed E-state index contributed by atoms with van der Waals surface area (Å²) in [6, 6.07) is 7.97. The van der Waals surface area contributed by atoms with E-state index in [2.05, 4.69) is 11.8 Å². The summed E-state index contributed by atoms with van der Waals surface area (Å²) in [5.41, 5.74) is 1.22. The van der Waals surface area contributed by atoms with E-state index in [1.165, 1.54) is 18.4 Å². The summed E-state index contributed by atoms with van der Waals surface area (Å²) in [6.45, 7) is 5.86. The number of hydrogen-bond acceptors (Lipinski definition) is 3. The Labute approximate surface area is 121 Å². The van der Waals surface area contributed by atoms with Crippen molar-refractivity contribution in [1.29, 1.82) is 0 Å². The van der Waals surface area contributed by atoms with Crippen LogP contribution >= 0.6 is 0 Å². The van der Waals surface area contributed by atoms with Gasteiger partial charge in [0.25, 0.3) is 0 Å². The quantitative estimate of drug-likeness (QED) is 0.796. The van der Waals surface area contributed by atoms with Crippen LogP contribution < -0.4 is 4.74 Å². The van der Waals surface area contributed by atoms with E-state index in [4.69, 9.17) is 4.74 Å². The zero-order chi connectivity index (χ0) is 14.4. The van der Waals surface area contributed by atoms with Crippen molar-refractivity contribution in [3.05, 3.63) is 29.8 Å². The van der Waals surface area contributed by atoms with Crippen LogP contribution in [0.4, 0.5) is 0 Å². The lowest BCUT2D eigenvalue weighted by Gasteiger charge is -2.21. The van der Waals surface area contributed by atoms with Gasteiger partial charge in [0, 0.05) is 7.05 Å². The van der Waals surface area contributed by atoms with Crippen LogP contribution in [0.3, 0.4) is 0 Å². The smallest absolute Gasteiger partial charge is 0.236 e. The van der Waals surface area contributed by atoms with Crippen LogP contribution in [0, 0.1) is 6.92 Å². The molecular weight excluding hydrogens is 252 g/mol. The lowest BCUT2D eigenvalue weighted by molar-refractivity contribution is -0.131. The van der Waals surface area contributed by atoms with Gasteiger partial charge in [0.15, 0.2) is 0 Å². The fourth-order valence-corrected chi connectivity index (χ4v) is 2.31. The number of carbonyl (C=O) groups excluding carboxylic acids is 1. The molecule has 0 N–H and O–H groups in total. The van der Waals surface area contributed by atoms with Gasteiger partial charge in [-0.3, -0.25) is 9.69 Å². The van der Waals surface area contributed by atoms with E-state index >= 15 is 0 Å². The van der Waals surface area contributed by atoms with E-state index < -0.39 is 0 Å². The molecule has 0 aromatic heterocycles. The highest BCUT2D eigenvalue weighted by Gasteiger charge is 2.17. The molecule has 20 heavy (non-hydrogen) atoms. The molecule has 0 aliphatic carbocycles. The van der Waals surface area contributed by atoms with E-state index in [0.29, 0.717) is 19.7 Å². The summed E-state index contributed by atoms with van der Waals surface area (Å²) < 4.78 is 5.64. The highest BCUT2D eigenvalue weighted by atomic mass is 16.5. The first-order valence-corrected chi connectivity index (χ1v) is 7.31. The van der Waals surface area contributed by atoms with E-state index in [9.17, 15) is 4.79 Å². The molecule has 4 heteroatoms.